The summed E-state index contributed by atoms with van der Waals surface area (Å²) in [5.74, 6) is -2.02. The van der Waals surface area contributed by atoms with Gasteiger partial charge in [0.25, 0.3) is 0 Å². The van der Waals surface area contributed by atoms with Crippen LogP contribution in [0, 0.1) is 5.92 Å². The zero-order chi connectivity index (χ0) is 24.6. The zero-order valence-electron chi connectivity index (χ0n) is 19.5. The van der Waals surface area contributed by atoms with E-state index in [1.165, 1.54) is 4.90 Å². The van der Waals surface area contributed by atoms with Gasteiger partial charge in [0.2, 0.25) is 5.91 Å². The monoisotopic (exact) mass is 478 g/mol. The minimum Gasteiger partial charge on any atom is -0.479 e. The lowest BCUT2D eigenvalue weighted by Crippen LogP contribution is -2.57. The molecule has 3 aliphatic rings. The molecule has 184 valence electrons. The topological polar surface area (TPSA) is 116 Å². The Morgan fingerprint density at radius 2 is 1.66 bits per heavy atom. The van der Waals surface area contributed by atoms with Gasteiger partial charge in [-0.05, 0) is 47.9 Å². The number of fused-ring (bicyclic) bond motifs is 3. The van der Waals surface area contributed by atoms with Crippen LogP contribution in [0.2, 0.25) is 0 Å². The highest BCUT2D eigenvalue weighted by molar-refractivity contribution is 5.84. The van der Waals surface area contributed by atoms with Crippen LogP contribution in [0.5, 0.6) is 0 Å². The van der Waals surface area contributed by atoms with E-state index in [9.17, 15) is 24.6 Å². The van der Waals surface area contributed by atoms with Crippen LogP contribution in [-0.2, 0) is 14.3 Å². The van der Waals surface area contributed by atoms with Gasteiger partial charge in [0.1, 0.15) is 6.61 Å². The maximum atomic E-state index is 13.2. The van der Waals surface area contributed by atoms with Crippen molar-refractivity contribution in [2.75, 3.05) is 19.7 Å². The molecule has 3 N–H and O–H groups in total. The van der Waals surface area contributed by atoms with E-state index in [1.54, 1.807) is 0 Å². The molecule has 1 aliphatic heterocycles. The second-order valence-corrected chi connectivity index (χ2v) is 9.81. The molecule has 0 bridgehead atoms. The van der Waals surface area contributed by atoms with Crippen LogP contribution >= 0.6 is 0 Å². The maximum Gasteiger partial charge on any atom is 0.407 e. The summed E-state index contributed by atoms with van der Waals surface area (Å²) in [4.78, 5) is 38.8. The Morgan fingerprint density at radius 1 is 1.00 bits per heavy atom. The van der Waals surface area contributed by atoms with Crippen molar-refractivity contribution in [2.24, 2.45) is 5.92 Å². The van der Waals surface area contributed by atoms with Gasteiger partial charge in [-0.25, -0.2) is 9.59 Å². The van der Waals surface area contributed by atoms with E-state index in [-0.39, 0.29) is 37.4 Å². The van der Waals surface area contributed by atoms with E-state index < -0.39 is 23.6 Å². The van der Waals surface area contributed by atoms with Gasteiger partial charge in [0, 0.05) is 18.5 Å². The fourth-order valence-corrected chi connectivity index (χ4v) is 5.85. The quantitative estimate of drug-likeness (QED) is 0.608. The number of alkyl carbamates (subject to hydrolysis) is 1. The molecule has 8 nitrogen and oxygen atoms in total. The number of carbonyl (C=O) groups excluding carboxylic acids is 2. The summed E-state index contributed by atoms with van der Waals surface area (Å²) in [6.07, 6.45) is 2.02. The van der Waals surface area contributed by atoms with E-state index in [1.807, 2.05) is 24.3 Å². The Balaban J connectivity index is 1.21. The fraction of sp³-hybridized carbons (Fsp3) is 0.444. The predicted molar refractivity (Wildman–Crippen MR) is 128 cm³/mol. The van der Waals surface area contributed by atoms with Crippen LogP contribution in [0.3, 0.4) is 0 Å². The lowest BCUT2D eigenvalue weighted by Gasteiger charge is -2.38. The lowest BCUT2D eigenvalue weighted by molar-refractivity contribution is -0.167. The first-order chi connectivity index (χ1) is 16.9. The number of likely N-dealkylation sites (tertiary alicyclic amines) is 1. The van der Waals surface area contributed by atoms with E-state index in [4.69, 9.17) is 4.74 Å². The predicted octanol–water partition coefficient (Wildman–Crippen LogP) is 3.13. The summed E-state index contributed by atoms with van der Waals surface area (Å²) in [7, 11) is 0. The van der Waals surface area contributed by atoms with Crippen molar-refractivity contribution in [2.45, 2.75) is 49.7 Å². The minimum absolute atomic E-state index is 0.0452. The third-order valence-electron chi connectivity index (χ3n) is 7.66. The van der Waals surface area contributed by atoms with Crippen LogP contribution in [0.25, 0.3) is 11.1 Å². The van der Waals surface area contributed by atoms with Crippen molar-refractivity contribution in [3.05, 3.63) is 59.7 Å². The van der Waals surface area contributed by atoms with Crippen LogP contribution in [0.15, 0.2) is 48.5 Å². The Kier molecular flexibility index (Phi) is 6.23. The SMILES string of the molecule is O=C(NC1CCCC1C(=O)N1CCCC(O)(C(=O)O)C1)OCC1c2ccccc2-c2ccccc21. The summed E-state index contributed by atoms with van der Waals surface area (Å²) in [5.41, 5.74) is 2.66. The highest BCUT2D eigenvalue weighted by atomic mass is 16.5. The van der Waals surface area contributed by atoms with Crippen LogP contribution in [0.4, 0.5) is 4.79 Å². The third kappa shape index (κ3) is 4.38. The summed E-state index contributed by atoms with van der Waals surface area (Å²) in [6.45, 7) is 0.376. The number of carboxylic acids is 1. The molecular formula is C27H30N2O6. The number of ether oxygens (including phenoxy) is 1. The molecule has 35 heavy (non-hydrogen) atoms. The van der Waals surface area contributed by atoms with E-state index in [0.717, 1.165) is 28.7 Å². The normalized spacial score (nSPS) is 25.6. The number of benzene rings is 2. The molecule has 3 unspecified atom stereocenters. The highest BCUT2D eigenvalue weighted by Gasteiger charge is 2.45. The smallest absolute Gasteiger partial charge is 0.407 e. The number of hydrogen-bond donors (Lipinski definition) is 3. The van der Waals surface area contributed by atoms with Crippen LogP contribution in [-0.4, -0.2) is 64.4 Å². The number of β-amino-alcohol motifs (C(OH)–C–C–N with tert-alkyl or cyclic N) is 1. The number of nitrogens with one attached hydrogen (secondary N) is 1. The van der Waals surface area contributed by atoms with Gasteiger partial charge in [-0.1, -0.05) is 55.0 Å². The summed E-state index contributed by atoms with van der Waals surface area (Å²) in [5, 5.41) is 22.6. The van der Waals surface area contributed by atoms with Gasteiger partial charge in [0.05, 0.1) is 12.5 Å². The molecule has 2 aliphatic carbocycles. The molecule has 0 aromatic heterocycles. The number of amides is 2. The van der Waals surface area contributed by atoms with Crippen molar-refractivity contribution < 1.29 is 29.3 Å². The Bertz CT molecular complexity index is 1100. The van der Waals surface area contributed by atoms with Crippen molar-refractivity contribution in [3.63, 3.8) is 0 Å². The van der Waals surface area contributed by atoms with E-state index in [2.05, 4.69) is 29.6 Å². The first kappa shape index (κ1) is 23.4. The molecule has 8 heteroatoms. The largest absolute Gasteiger partial charge is 0.479 e. The number of piperidine rings is 1. The lowest BCUT2D eigenvalue weighted by atomic mass is 9.91. The molecule has 1 heterocycles. The fourth-order valence-electron chi connectivity index (χ4n) is 5.85. The van der Waals surface area contributed by atoms with Gasteiger partial charge in [-0.15, -0.1) is 0 Å². The molecule has 2 amide bonds. The summed E-state index contributed by atoms with van der Waals surface area (Å²) in [6, 6.07) is 15.9. The van der Waals surface area contributed by atoms with E-state index in [0.29, 0.717) is 25.8 Å². The number of carbonyl (C=O) groups is 3. The first-order valence-corrected chi connectivity index (χ1v) is 12.2. The van der Waals surface area contributed by atoms with Gasteiger partial charge < -0.3 is 25.2 Å². The number of nitrogens with zero attached hydrogens (tertiary/aromatic N) is 1. The van der Waals surface area contributed by atoms with Crippen molar-refractivity contribution >= 4 is 18.0 Å². The second-order valence-electron chi connectivity index (χ2n) is 9.81. The van der Waals surface area contributed by atoms with Crippen molar-refractivity contribution in [3.8, 4) is 11.1 Å². The summed E-state index contributed by atoms with van der Waals surface area (Å²) >= 11 is 0. The standard InChI is InChI=1S/C27H30N2O6/c30-24(29-14-6-13-27(34,16-29)25(31)32)21-11-5-12-23(21)28-26(33)35-15-22-19-9-3-1-7-17(19)18-8-2-4-10-20(18)22/h1-4,7-10,21-23,34H,5-6,11-16H2,(H,28,33)(H,31,32). The van der Waals surface area contributed by atoms with Gasteiger partial charge in [-0.3, -0.25) is 4.79 Å². The molecule has 2 aromatic rings. The van der Waals surface area contributed by atoms with Gasteiger partial charge >= 0.3 is 12.1 Å². The molecule has 2 aromatic carbocycles. The Morgan fingerprint density at radius 3 is 2.31 bits per heavy atom. The average Bonchev–Trinajstić information content (AvgIpc) is 3.44. The molecule has 1 saturated carbocycles. The van der Waals surface area contributed by atoms with Gasteiger partial charge in [0.15, 0.2) is 5.60 Å². The minimum atomic E-state index is -1.91. The van der Waals surface area contributed by atoms with Crippen LogP contribution < -0.4 is 5.32 Å². The molecule has 3 atom stereocenters. The second kappa shape index (κ2) is 9.34. The van der Waals surface area contributed by atoms with Crippen LogP contribution in [0.1, 0.15) is 49.1 Å². The van der Waals surface area contributed by atoms with Crippen molar-refractivity contribution in [1.29, 1.82) is 0 Å². The van der Waals surface area contributed by atoms with Gasteiger partial charge in [-0.2, -0.15) is 0 Å². The number of aliphatic hydroxyl groups is 1. The number of hydrogen-bond acceptors (Lipinski definition) is 5. The highest BCUT2D eigenvalue weighted by Crippen LogP contribution is 2.44. The molecule has 0 spiro atoms. The van der Waals surface area contributed by atoms with Crippen molar-refractivity contribution in [1.82, 2.24) is 10.2 Å². The van der Waals surface area contributed by atoms with E-state index >= 15 is 0 Å². The number of aliphatic carboxylic acids is 1. The third-order valence-corrected chi connectivity index (χ3v) is 7.66. The molecule has 2 fully saturated rings. The molecule has 5 rings (SSSR count). The number of rotatable bonds is 5. The molecule has 0 radical (unpaired) electrons. The molecular weight excluding hydrogens is 448 g/mol. The Labute approximate surface area is 203 Å². The number of carboxylic acid groups (broad SMARTS) is 1. The zero-order valence-corrected chi connectivity index (χ0v) is 19.5. The molecule has 1 saturated heterocycles. The summed E-state index contributed by atoms with van der Waals surface area (Å²) < 4.78 is 5.65. The average molecular weight is 479 g/mol. The first-order valence-electron chi connectivity index (χ1n) is 12.2. The Hall–Kier alpha value is -3.39. The maximum absolute atomic E-state index is 13.2.